The number of rotatable bonds is 4. The van der Waals surface area contributed by atoms with Gasteiger partial charge in [0.05, 0.1) is 11.9 Å². The number of aromatic nitrogens is 1. The van der Waals surface area contributed by atoms with Crippen molar-refractivity contribution in [2.45, 2.75) is 6.92 Å². The second-order valence-corrected chi connectivity index (χ2v) is 6.67. The molecule has 1 aromatic heterocycles. The molecular formula is C21H17N3S. The molecule has 0 spiro atoms. The van der Waals surface area contributed by atoms with Crippen LogP contribution in [-0.2, 0) is 0 Å². The summed E-state index contributed by atoms with van der Waals surface area (Å²) in [6, 6.07) is 23.3. The number of fused-ring (bicyclic) bond motifs is 1. The van der Waals surface area contributed by atoms with Crippen LogP contribution in [0, 0.1) is 6.92 Å². The highest BCUT2D eigenvalue weighted by Gasteiger charge is 2.03. The monoisotopic (exact) mass is 343 g/mol. The van der Waals surface area contributed by atoms with Crippen molar-refractivity contribution in [2.24, 2.45) is 5.10 Å². The third kappa shape index (κ3) is 3.44. The van der Waals surface area contributed by atoms with Gasteiger partial charge in [-0.1, -0.05) is 66.7 Å². The highest BCUT2D eigenvalue weighted by molar-refractivity contribution is 7.13. The summed E-state index contributed by atoms with van der Waals surface area (Å²) in [7, 11) is 0. The zero-order chi connectivity index (χ0) is 17.1. The lowest BCUT2D eigenvalue weighted by molar-refractivity contribution is 1.22. The Hall–Kier alpha value is -2.98. The number of anilines is 1. The van der Waals surface area contributed by atoms with E-state index < -0.39 is 0 Å². The molecule has 25 heavy (non-hydrogen) atoms. The minimum atomic E-state index is 0.807. The van der Waals surface area contributed by atoms with Gasteiger partial charge in [-0.3, -0.25) is 5.43 Å². The topological polar surface area (TPSA) is 37.3 Å². The zero-order valence-electron chi connectivity index (χ0n) is 13.8. The lowest BCUT2D eigenvalue weighted by Gasteiger charge is -2.07. The Balaban J connectivity index is 1.55. The maximum Gasteiger partial charge on any atom is 0.203 e. The van der Waals surface area contributed by atoms with E-state index in [9.17, 15) is 0 Å². The molecule has 1 N–H and O–H groups in total. The molecule has 1 heterocycles. The molecule has 0 unspecified atom stereocenters. The fraction of sp³-hybridized carbons (Fsp3) is 0.0476. The van der Waals surface area contributed by atoms with Gasteiger partial charge >= 0.3 is 0 Å². The average Bonchev–Trinajstić information content (AvgIpc) is 3.07. The van der Waals surface area contributed by atoms with E-state index in [1.165, 1.54) is 21.9 Å². The SMILES string of the molecule is Cc1csc(NN=Cc2ccc(-c3cccc4ccccc34)cc2)n1. The summed E-state index contributed by atoms with van der Waals surface area (Å²) in [5.74, 6) is 0. The lowest BCUT2D eigenvalue weighted by atomic mass is 9.98. The Morgan fingerprint density at radius 3 is 2.56 bits per heavy atom. The van der Waals surface area contributed by atoms with Crippen molar-refractivity contribution in [1.29, 1.82) is 0 Å². The third-order valence-electron chi connectivity index (χ3n) is 4.00. The summed E-state index contributed by atoms with van der Waals surface area (Å²) >= 11 is 1.55. The van der Waals surface area contributed by atoms with Gasteiger partial charge in [-0.15, -0.1) is 11.3 Å². The highest BCUT2D eigenvalue weighted by Crippen LogP contribution is 2.28. The fourth-order valence-corrected chi connectivity index (χ4v) is 3.43. The first kappa shape index (κ1) is 15.5. The Labute approximate surface area is 150 Å². The molecule has 0 aliphatic rings. The van der Waals surface area contributed by atoms with E-state index in [1.807, 2.05) is 18.5 Å². The maximum absolute atomic E-state index is 4.32. The molecule has 0 radical (unpaired) electrons. The van der Waals surface area contributed by atoms with Crippen LogP contribution in [0.2, 0.25) is 0 Å². The minimum Gasteiger partial charge on any atom is -0.253 e. The van der Waals surface area contributed by atoms with E-state index in [0.29, 0.717) is 0 Å². The molecule has 0 fully saturated rings. The molecular weight excluding hydrogens is 326 g/mol. The van der Waals surface area contributed by atoms with Crippen LogP contribution in [0.4, 0.5) is 5.13 Å². The first-order chi connectivity index (χ1) is 12.3. The maximum atomic E-state index is 4.32. The Morgan fingerprint density at radius 1 is 0.960 bits per heavy atom. The molecule has 0 aliphatic heterocycles. The van der Waals surface area contributed by atoms with E-state index in [-0.39, 0.29) is 0 Å². The molecule has 0 saturated carbocycles. The molecule has 4 rings (SSSR count). The average molecular weight is 343 g/mol. The van der Waals surface area contributed by atoms with Gasteiger partial charge in [-0.25, -0.2) is 4.98 Å². The summed E-state index contributed by atoms with van der Waals surface area (Å²) in [6.45, 7) is 1.97. The van der Waals surface area contributed by atoms with Crippen LogP contribution >= 0.6 is 11.3 Å². The normalized spacial score (nSPS) is 11.2. The number of hydrogen-bond donors (Lipinski definition) is 1. The summed E-state index contributed by atoms with van der Waals surface area (Å²) in [4.78, 5) is 4.32. The Morgan fingerprint density at radius 2 is 1.76 bits per heavy atom. The first-order valence-electron chi connectivity index (χ1n) is 8.09. The van der Waals surface area contributed by atoms with E-state index >= 15 is 0 Å². The van der Waals surface area contributed by atoms with E-state index in [2.05, 4.69) is 82.2 Å². The minimum absolute atomic E-state index is 0.807. The van der Waals surface area contributed by atoms with Crippen molar-refractivity contribution in [3.05, 3.63) is 83.4 Å². The molecule has 3 aromatic carbocycles. The second-order valence-electron chi connectivity index (χ2n) is 5.81. The van der Waals surface area contributed by atoms with E-state index in [0.717, 1.165) is 16.4 Å². The quantitative estimate of drug-likeness (QED) is 0.380. The Bertz CT molecular complexity index is 1030. The van der Waals surface area contributed by atoms with Crippen LogP contribution in [0.25, 0.3) is 21.9 Å². The van der Waals surface area contributed by atoms with Gasteiger partial charge in [0.15, 0.2) is 0 Å². The molecule has 3 nitrogen and oxygen atoms in total. The molecule has 0 aliphatic carbocycles. The number of thiazole rings is 1. The van der Waals surface area contributed by atoms with Gasteiger partial charge in [0.2, 0.25) is 5.13 Å². The number of hydrazone groups is 1. The van der Waals surface area contributed by atoms with Crippen LogP contribution in [0.5, 0.6) is 0 Å². The number of aryl methyl sites for hydroxylation is 1. The van der Waals surface area contributed by atoms with Crippen LogP contribution in [-0.4, -0.2) is 11.2 Å². The van der Waals surface area contributed by atoms with E-state index in [1.54, 1.807) is 11.3 Å². The van der Waals surface area contributed by atoms with Crippen molar-refractivity contribution in [1.82, 2.24) is 4.98 Å². The predicted octanol–water partition coefficient (Wildman–Crippen LogP) is 5.72. The van der Waals surface area contributed by atoms with Gasteiger partial charge in [0.1, 0.15) is 0 Å². The summed E-state index contributed by atoms with van der Waals surface area (Å²) < 4.78 is 0. The van der Waals surface area contributed by atoms with Crippen molar-refractivity contribution in [3.63, 3.8) is 0 Å². The van der Waals surface area contributed by atoms with Crippen LogP contribution in [0.1, 0.15) is 11.3 Å². The van der Waals surface area contributed by atoms with Crippen molar-refractivity contribution < 1.29 is 0 Å². The van der Waals surface area contributed by atoms with Gasteiger partial charge < -0.3 is 0 Å². The summed E-state index contributed by atoms with van der Waals surface area (Å²) in [5.41, 5.74) is 7.46. The third-order valence-corrected chi connectivity index (χ3v) is 4.87. The lowest BCUT2D eigenvalue weighted by Crippen LogP contribution is -1.90. The molecule has 0 amide bonds. The van der Waals surface area contributed by atoms with Crippen molar-refractivity contribution in [3.8, 4) is 11.1 Å². The molecule has 0 saturated heterocycles. The zero-order valence-corrected chi connectivity index (χ0v) is 14.6. The molecule has 4 heteroatoms. The number of nitrogens with one attached hydrogen (secondary N) is 1. The van der Waals surface area contributed by atoms with E-state index in [4.69, 9.17) is 0 Å². The smallest absolute Gasteiger partial charge is 0.203 e. The molecule has 0 atom stereocenters. The van der Waals surface area contributed by atoms with Crippen LogP contribution in [0.3, 0.4) is 0 Å². The number of hydrogen-bond acceptors (Lipinski definition) is 4. The highest BCUT2D eigenvalue weighted by atomic mass is 32.1. The van der Waals surface area contributed by atoms with Gasteiger partial charge in [-0.2, -0.15) is 5.10 Å². The van der Waals surface area contributed by atoms with Gasteiger partial charge in [0.25, 0.3) is 0 Å². The Kier molecular flexibility index (Phi) is 4.27. The van der Waals surface area contributed by atoms with Crippen molar-refractivity contribution >= 4 is 33.5 Å². The van der Waals surface area contributed by atoms with Gasteiger partial charge in [-0.05, 0) is 34.4 Å². The molecule has 0 bridgehead atoms. The summed E-state index contributed by atoms with van der Waals surface area (Å²) in [5, 5.41) is 9.58. The van der Waals surface area contributed by atoms with Gasteiger partial charge in [0, 0.05) is 5.38 Å². The summed E-state index contributed by atoms with van der Waals surface area (Å²) in [6.07, 6.45) is 1.81. The fourth-order valence-electron chi connectivity index (χ4n) is 2.79. The van der Waals surface area contributed by atoms with Crippen molar-refractivity contribution in [2.75, 3.05) is 5.43 Å². The number of benzene rings is 3. The van der Waals surface area contributed by atoms with Crippen LogP contribution in [0.15, 0.2) is 77.2 Å². The first-order valence-corrected chi connectivity index (χ1v) is 8.97. The largest absolute Gasteiger partial charge is 0.253 e. The standard InChI is InChI=1S/C21H17N3S/c1-15-14-25-21(23-15)24-22-13-16-9-11-18(12-10-16)20-8-4-6-17-5-2-3-7-19(17)20/h2-14H,1H3,(H,23,24). The van der Waals surface area contributed by atoms with Crippen LogP contribution < -0.4 is 5.43 Å². The number of nitrogens with zero attached hydrogens (tertiary/aromatic N) is 2. The predicted molar refractivity (Wildman–Crippen MR) is 107 cm³/mol. The second kappa shape index (κ2) is 6.87. The molecule has 4 aromatic rings. The molecule has 122 valence electrons.